The van der Waals surface area contributed by atoms with Crippen molar-refractivity contribution in [1.82, 2.24) is 10.7 Å². The lowest BCUT2D eigenvalue weighted by atomic mass is 10.2. The number of halogens is 2. The molecule has 0 saturated heterocycles. The molecule has 2 rings (SSSR count). The maximum atomic E-state index is 12.0. The smallest absolute Gasteiger partial charge is 0.387 e. The summed E-state index contributed by atoms with van der Waals surface area (Å²) in [7, 11) is 0. The second kappa shape index (κ2) is 8.79. The van der Waals surface area contributed by atoms with Gasteiger partial charge in [0.15, 0.2) is 5.11 Å². The van der Waals surface area contributed by atoms with Gasteiger partial charge >= 0.3 is 6.61 Å². The minimum atomic E-state index is -2.83. The highest BCUT2D eigenvalue weighted by Crippen LogP contribution is 2.13. The third kappa shape index (κ3) is 6.39. The standard InChI is InChI=1S/C16H15F2N3OS/c17-15(18)22-14-8-6-13(7-9-14)11-20-21-16(23)19-10-12-4-2-1-3-5-12/h1-9,11,15H,10H2,(H2,19,21,23)/b20-11+. The van der Waals surface area contributed by atoms with Crippen LogP contribution >= 0.6 is 12.2 Å². The fraction of sp³-hybridized carbons (Fsp3) is 0.125. The van der Waals surface area contributed by atoms with Gasteiger partial charge in [0.25, 0.3) is 0 Å². The molecule has 2 aromatic carbocycles. The predicted octanol–water partition coefficient (Wildman–Crippen LogP) is 3.29. The number of nitrogens with zero attached hydrogens (tertiary/aromatic N) is 1. The van der Waals surface area contributed by atoms with Crippen molar-refractivity contribution >= 4 is 23.5 Å². The van der Waals surface area contributed by atoms with Crippen LogP contribution in [0.5, 0.6) is 5.75 Å². The highest BCUT2D eigenvalue weighted by molar-refractivity contribution is 7.80. The van der Waals surface area contributed by atoms with Crippen LogP contribution in [0.15, 0.2) is 59.7 Å². The molecule has 4 nitrogen and oxygen atoms in total. The molecular formula is C16H15F2N3OS. The fourth-order valence-corrected chi connectivity index (χ4v) is 1.84. The fourth-order valence-electron chi connectivity index (χ4n) is 1.72. The minimum absolute atomic E-state index is 0.102. The molecule has 0 aliphatic heterocycles. The van der Waals surface area contributed by atoms with E-state index in [0.29, 0.717) is 11.7 Å². The molecule has 0 atom stereocenters. The van der Waals surface area contributed by atoms with Crippen LogP contribution in [0.3, 0.4) is 0 Å². The number of thiocarbonyl (C=S) groups is 1. The van der Waals surface area contributed by atoms with Gasteiger partial charge in [-0.3, -0.25) is 5.43 Å². The van der Waals surface area contributed by atoms with E-state index in [-0.39, 0.29) is 5.75 Å². The Labute approximate surface area is 138 Å². The number of rotatable bonds is 6. The number of ether oxygens (including phenoxy) is 1. The quantitative estimate of drug-likeness (QED) is 0.483. The zero-order valence-electron chi connectivity index (χ0n) is 12.1. The number of hydrogen-bond acceptors (Lipinski definition) is 3. The summed E-state index contributed by atoms with van der Waals surface area (Å²) in [6.45, 7) is -2.23. The number of hydrazone groups is 1. The Kier molecular flexibility index (Phi) is 6.43. The van der Waals surface area contributed by atoms with Gasteiger partial charge in [0.2, 0.25) is 0 Å². The van der Waals surface area contributed by atoms with Crippen molar-refractivity contribution in [1.29, 1.82) is 0 Å². The van der Waals surface area contributed by atoms with E-state index >= 15 is 0 Å². The van der Waals surface area contributed by atoms with Gasteiger partial charge in [-0.1, -0.05) is 30.3 Å². The summed E-state index contributed by atoms with van der Waals surface area (Å²) >= 11 is 5.10. The Bertz CT molecular complexity index is 648. The molecule has 0 aromatic heterocycles. The van der Waals surface area contributed by atoms with Crippen LogP contribution < -0.4 is 15.5 Å². The van der Waals surface area contributed by atoms with Gasteiger partial charge in [0.1, 0.15) is 5.75 Å². The van der Waals surface area contributed by atoms with Crippen LogP contribution in [-0.4, -0.2) is 17.9 Å². The Morgan fingerprint density at radius 1 is 1.13 bits per heavy atom. The lowest BCUT2D eigenvalue weighted by Gasteiger charge is -2.07. The zero-order chi connectivity index (χ0) is 16.5. The van der Waals surface area contributed by atoms with Crippen LogP contribution in [0.1, 0.15) is 11.1 Å². The number of nitrogens with one attached hydrogen (secondary N) is 2. The highest BCUT2D eigenvalue weighted by Gasteiger charge is 2.02. The average Bonchev–Trinajstić information content (AvgIpc) is 2.55. The summed E-state index contributed by atoms with van der Waals surface area (Å²) < 4.78 is 28.3. The first-order chi connectivity index (χ1) is 11.1. The van der Waals surface area contributed by atoms with Crippen LogP contribution in [0.25, 0.3) is 0 Å². The minimum Gasteiger partial charge on any atom is -0.435 e. The molecule has 0 aliphatic rings. The summed E-state index contributed by atoms with van der Waals surface area (Å²) in [4.78, 5) is 0. The molecule has 23 heavy (non-hydrogen) atoms. The third-order valence-electron chi connectivity index (χ3n) is 2.78. The lowest BCUT2D eigenvalue weighted by Crippen LogP contribution is -2.31. The average molecular weight is 335 g/mol. The number of alkyl halides is 2. The molecule has 0 amide bonds. The van der Waals surface area contributed by atoms with Crippen molar-refractivity contribution in [3.05, 3.63) is 65.7 Å². The van der Waals surface area contributed by atoms with Gasteiger partial charge in [-0.15, -0.1) is 0 Å². The third-order valence-corrected chi connectivity index (χ3v) is 3.02. The molecule has 0 radical (unpaired) electrons. The van der Waals surface area contributed by atoms with Crippen molar-refractivity contribution in [2.24, 2.45) is 5.10 Å². The van der Waals surface area contributed by atoms with Gasteiger partial charge in [0.05, 0.1) is 6.21 Å². The molecule has 2 aromatic rings. The van der Waals surface area contributed by atoms with E-state index in [1.807, 2.05) is 30.3 Å². The summed E-state index contributed by atoms with van der Waals surface area (Å²) in [6.07, 6.45) is 1.53. The first-order valence-corrected chi connectivity index (χ1v) is 7.20. The lowest BCUT2D eigenvalue weighted by molar-refractivity contribution is -0.0498. The van der Waals surface area contributed by atoms with Gasteiger partial charge in [-0.05, 0) is 47.6 Å². The Hall–Kier alpha value is -2.54. The second-order valence-electron chi connectivity index (χ2n) is 4.49. The molecule has 120 valence electrons. The topological polar surface area (TPSA) is 45.6 Å². The summed E-state index contributed by atoms with van der Waals surface area (Å²) in [6, 6.07) is 15.9. The first-order valence-electron chi connectivity index (χ1n) is 6.79. The van der Waals surface area contributed by atoms with Crippen molar-refractivity contribution in [3.8, 4) is 5.75 Å². The molecule has 7 heteroatoms. The van der Waals surface area contributed by atoms with E-state index in [1.165, 1.54) is 18.3 Å². The number of benzene rings is 2. The van der Waals surface area contributed by atoms with Gasteiger partial charge in [-0.25, -0.2) is 0 Å². The van der Waals surface area contributed by atoms with E-state index in [1.54, 1.807) is 12.1 Å². The molecule has 0 spiro atoms. The molecular weight excluding hydrogens is 320 g/mol. The van der Waals surface area contributed by atoms with E-state index < -0.39 is 6.61 Å². The summed E-state index contributed by atoms with van der Waals surface area (Å²) in [5, 5.41) is 7.39. The molecule has 2 N–H and O–H groups in total. The molecule has 0 unspecified atom stereocenters. The van der Waals surface area contributed by atoms with Gasteiger partial charge in [-0.2, -0.15) is 13.9 Å². The number of hydrogen-bond donors (Lipinski definition) is 2. The SMILES string of the molecule is FC(F)Oc1ccc(/C=N/NC(=S)NCc2ccccc2)cc1. The molecule has 0 heterocycles. The van der Waals surface area contributed by atoms with Crippen molar-refractivity contribution in [2.45, 2.75) is 13.2 Å². The molecule has 0 aliphatic carbocycles. The Morgan fingerprint density at radius 2 is 1.83 bits per heavy atom. The maximum absolute atomic E-state index is 12.0. The van der Waals surface area contributed by atoms with Crippen LogP contribution in [-0.2, 0) is 6.54 Å². The summed E-state index contributed by atoms with van der Waals surface area (Å²) in [5.41, 5.74) is 4.52. The van der Waals surface area contributed by atoms with E-state index in [4.69, 9.17) is 12.2 Å². The van der Waals surface area contributed by atoms with Crippen molar-refractivity contribution < 1.29 is 13.5 Å². The van der Waals surface area contributed by atoms with Crippen LogP contribution in [0.4, 0.5) is 8.78 Å². The maximum Gasteiger partial charge on any atom is 0.387 e. The van der Waals surface area contributed by atoms with Crippen LogP contribution in [0.2, 0.25) is 0 Å². The van der Waals surface area contributed by atoms with Gasteiger partial charge in [0, 0.05) is 6.54 Å². The van der Waals surface area contributed by atoms with E-state index in [9.17, 15) is 8.78 Å². The van der Waals surface area contributed by atoms with Crippen LogP contribution in [0, 0.1) is 0 Å². The predicted molar refractivity (Wildman–Crippen MR) is 89.7 cm³/mol. The highest BCUT2D eigenvalue weighted by atomic mass is 32.1. The largest absolute Gasteiger partial charge is 0.435 e. The monoisotopic (exact) mass is 335 g/mol. The molecule has 0 saturated carbocycles. The Balaban J connectivity index is 1.76. The van der Waals surface area contributed by atoms with E-state index in [0.717, 1.165) is 11.1 Å². The van der Waals surface area contributed by atoms with Crippen molar-refractivity contribution in [2.75, 3.05) is 0 Å². The summed E-state index contributed by atoms with van der Waals surface area (Å²) in [5.74, 6) is 0.102. The van der Waals surface area contributed by atoms with E-state index in [2.05, 4.69) is 20.6 Å². The Morgan fingerprint density at radius 3 is 2.48 bits per heavy atom. The molecule has 0 fully saturated rings. The first kappa shape index (κ1) is 16.8. The second-order valence-corrected chi connectivity index (χ2v) is 4.89. The zero-order valence-corrected chi connectivity index (χ0v) is 12.9. The van der Waals surface area contributed by atoms with Crippen molar-refractivity contribution in [3.63, 3.8) is 0 Å². The normalized spacial score (nSPS) is 10.7. The molecule has 0 bridgehead atoms. The van der Waals surface area contributed by atoms with Gasteiger partial charge < -0.3 is 10.1 Å².